The summed E-state index contributed by atoms with van der Waals surface area (Å²) in [5, 5.41) is 3.84. The summed E-state index contributed by atoms with van der Waals surface area (Å²) in [4.78, 5) is 25.9. The third kappa shape index (κ3) is 3.62. The maximum atomic E-state index is 12.3. The molecule has 1 aliphatic heterocycles. The SMILES string of the molecule is Cc1cc2oc(=O)cc(C)c2cc1NC(=O)CN1CCCCC1. The van der Waals surface area contributed by atoms with Crippen molar-refractivity contribution in [3.63, 3.8) is 0 Å². The van der Waals surface area contributed by atoms with Gasteiger partial charge in [-0.25, -0.2) is 4.79 Å². The zero-order valence-corrected chi connectivity index (χ0v) is 13.6. The van der Waals surface area contributed by atoms with E-state index in [1.54, 1.807) is 6.07 Å². The minimum Gasteiger partial charge on any atom is -0.423 e. The Morgan fingerprint density at radius 2 is 1.87 bits per heavy atom. The van der Waals surface area contributed by atoms with E-state index in [1.807, 2.05) is 19.9 Å². The normalized spacial score (nSPS) is 15.7. The van der Waals surface area contributed by atoms with Crippen LogP contribution in [-0.2, 0) is 4.79 Å². The molecule has 0 unspecified atom stereocenters. The van der Waals surface area contributed by atoms with Gasteiger partial charge in [0.25, 0.3) is 0 Å². The number of anilines is 1. The van der Waals surface area contributed by atoms with Crippen molar-refractivity contribution in [3.05, 3.63) is 39.7 Å². The summed E-state index contributed by atoms with van der Waals surface area (Å²) in [6.07, 6.45) is 3.59. The third-order valence-corrected chi connectivity index (χ3v) is 4.39. The molecule has 1 fully saturated rings. The molecular formula is C18H22N2O3. The second-order valence-electron chi connectivity index (χ2n) is 6.30. The number of carbonyl (C=O) groups excluding carboxylic acids is 1. The quantitative estimate of drug-likeness (QED) is 0.885. The molecule has 1 N–H and O–H groups in total. The van der Waals surface area contributed by atoms with Gasteiger partial charge in [-0.1, -0.05) is 6.42 Å². The lowest BCUT2D eigenvalue weighted by atomic mass is 10.1. The van der Waals surface area contributed by atoms with E-state index in [1.165, 1.54) is 25.3 Å². The monoisotopic (exact) mass is 314 g/mol. The largest absolute Gasteiger partial charge is 0.423 e. The molecule has 0 bridgehead atoms. The molecular weight excluding hydrogens is 292 g/mol. The molecule has 1 aliphatic rings. The Kier molecular flexibility index (Phi) is 4.48. The number of hydrogen-bond acceptors (Lipinski definition) is 4. The van der Waals surface area contributed by atoms with Gasteiger partial charge in [-0.05, 0) is 63.0 Å². The van der Waals surface area contributed by atoms with Crippen molar-refractivity contribution in [1.29, 1.82) is 0 Å². The van der Waals surface area contributed by atoms with Crippen LogP contribution in [0.4, 0.5) is 5.69 Å². The zero-order valence-electron chi connectivity index (χ0n) is 13.6. The van der Waals surface area contributed by atoms with Gasteiger partial charge in [-0.3, -0.25) is 9.69 Å². The molecule has 5 heteroatoms. The fourth-order valence-electron chi connectivity index (χ4n) is 3.11. The molecule has 0 spiro atoms. The molecule has 23 heavy (non-hydrogen) atoms. The van der Waals surface area contributed by atoms with Crippen molar-refractivity contribution in [1.82, 2.24) is 4.90 Å². The first-order chi connectivity index (χ1) is 11.0. The number of aryl methyl sites for hydroxylation is 2. The van der Waals surface area contributed by atoms with Crippen LogP contribution in [0, 0.1) is 13.8 Å². The smallest absolute Gasteiger partial charge is 0.336 e. The molecule has 1 aromatic carbocycles. The number of fused-ring (bicyclic) bond motifs is 1. The van der Waals surface area contributed by atoms with E-state index in [2.05, 4.69) is 10.2 Å². The average Bonchev–Trinajstić information content (AvgIpc) is 2.49. The molecule has 2 aromatic rings. The summed E-state index contributed by atoms with van der Waals surface area (Å²) < 4.78 is 5.23. The van der Waals surface area contributed by atoms with E-state index in [4.69, 9.17) is 4.42 Å². The first-order valence-electron chi connectivity index (χ1n) is 8.10. The maximum Gasteiger partial charge on any atom is 0.336 e. The van der Waals surface area contributed by atoms with E-state index in [-0.39, 0.29) is 11.5 Å². The van der Waals surface area contributed by atoms with Crippen LogP contribution in [0.1, 0.15) is 30.4 Å². The third-order valence-electron chi connectivity index (χ3n) is 4.39. The van der Waals surface area contributed by atoms with Crippen molar-refractivity contribution in [2.75, 3.05) is 25.0 Å². The average molecular weight is 314 g/mol. The number of rotatable bonds is 3. The summed E-state index contributed by atoms with van der Waals surface area (Å²) in [6, 6.07) is 5.16. The first-order valence-corrected chi connectivity index (χ1v) is 8.10. The van der Waals surface area contributed by atoms with Crippen LogP contribution in [-0.4, -0.2) is 30.4 Å². The topological polar surface area (TPSA) is 62.6 Å². The van der Waals surface area contributed by atoms with Crippen molar-refractivity contribution in [2.45, 2.75) is 33.1 Å². The summed E-state index contributed by atoms with van der Waals surface area (Å²) in [6.45, 7) is 6.19. The van der Waals surface area contributed by atoms with Gasteiger partial charge in [0, 0.05) is 17.1 Å². The summed E-state index contributed by atoms with van der Waals surface area (Å²) in [5.74, 6) is 0.00406. The number of carbonyl (C=O) groups is 1. The summed E-state index contributed by atoms with van der Waals surface area (Å²) in [5.41, 5.74) is 2.72. The second-order valence-corrected chi connectivity index (χ2v) is 6.30. The predicted molar refractivity (Wildman–Crippen MR) is 90.9 cm³/mol. The summed E-state index contributed by atoms with van der Waals surface area (Å²) in [7, 11) is 0. The highest BCUT2D eigenvalue weighted by atomic mass is 16.4. The maximum absolute atomic E-state index is 12.3. The van der Waals surface area contributed by atoms with E-state index >= 15 is 0 Å². The van der Waals surface area contributed by atoms with Gasteiger partial charge < -0.3 is 9.73 Å². The number of benzene rings is 1. The molecule has 5 nitrogen and oxygen atoms in total. The highest BCUT2D eigenvalue weighted by Gasteiger charge is 2.15. The molecule has 0 aliphatic carbocycles. The second kappa shape index (κ2) is 6.54. The van der Waals surface area contributed by atoms with Gasteiger partial charge >= 0.3 is 5.63 Å². The fourth-order valence-corrected chi connectivity index (χ4v) is 3.11. The van der Waals surface area contributed by atoms with E-state index < -0.39 is 0 Å². The van der Waals surface area contributed by atoms with E-state index in [0.717, 1.165) is 35.3 Å². The Hall–Kier alpha value is -2.14. The first kappa shape index (κ1) is 15.7. The van der Waals surface area contributed by atoms with Crippen LogP contribution in [0.2, 0.25) is 0 Å². The number of likely N-dealkylation sites (tertiary alicyclic amines) is 1. The molecule has 0 saturated carbocycles. The number of nitrogens with one attached hydrogen (secondary N) is 1. The number of hydrogen-bond donors (Lipinski definition) is 1. The van der Waals surface area contributed by atoms with Crippen LogP contribution in [0.15, 0.2) is 27.4 Å². The fraction of sp³-hybridized carbons (Fsp3) is 0.444. The lowest BCUT2D eigenvalue weighted by molar-refractivity contribution is -0.117. The van der Waals surface area contributed by atoms with Crippen LogP contribution < -0.4 is 10.9 Å². The van der Waals surface area contributed by atoms with Gasteiger partial charge in [0.05, 0.1) is 6.54 Å². The molecule has 1 aromatic heterocycles. The minimum atomic E-state index is -0.351. The Labute approximate surface area is 135 Å². The Morgan fingerprint density at radius 1 is 1.13 bits per heavy atom. The van der Waals surface area contributed by atoms with Crippen LogP contribution in [0.25, 0.3) is 11.0 Å². The van der Waals surface area contributed by atoms with Gasteiger partial charge in [0.2, 0.25) is 5.91 Å². The molecule has 1 amide bonds. The number of amides is 1. The highest BCUT2D eigenvalue weighted by molar-refractivity contribution is 5.96. The Morgan fingerprint density at radius 3 is 2.61 bits per heavy atom. The molecule has 2 heterocycles. The lowest BCUT2D eigenvalue weighted by Crippen LogP contribution is -2.36. The van der Waals surface area contributed by atoms with Crippen LogP contribution >= 0.6 is 0 Å². The van der Waals surface area contributed by atoms with E-state index in [0.29, 0.717) is 12.1 Å². The molecule has 122 valence electrons. The number of piperidine rings is 1. The van der Waals surface area contributed by atoms with Crippen LogP contribution in [0.5, 0.6) is 0 Å². The summed E-state index contributed by atoms with van der Waals surface area (Å²) >= 11 is 0. The van der Waals surface area contributed by atoms with Gasteiger partial charge in [0.1, 0.15) is 5.58 Å². The van der Waals surface area contributed by atoms with Gasteiger partial charge in [-0.2, -0.15) is 0 Å². The molecule has 1 saturated heterocycles. The van der Waals surface area contributed by atoms with Gasteiger partial charge in [-0.15, -0.1) is 0 Å². The lowest BCUT2D eigenvalue weighted by Gasteiger charge is -2.25. The highest BCUT2D eigenvalue weighted by Crippen LogP contribution is 2.25. The van der Waals surface area contributed by atoms with E-state index in [9.17, 15) is 9.59 Å². The van der Waals surface area contributed by atoms with Crippen molar-refractivity contribution < 1.29 is 9.21 Å². The zero-order chi connectivity index (χ0) is 16.4. The Bertz CT molecular complexity index is 789. The predicted octanol–water partition coefficient (Wildman–Crippen LogP) is 2.83. The van der Waals surface area contributed by atoms with Gasteiger partial charge in [0.15, 0.2) is 0 Å². The van der Waals surface area contributed by atoms with Crippen molar-refractivity contribution in [3.8, 4) is 0 Å². The van der Waals surface area contributed by atoms with Crippen molar-refractivity contribution >= 4 is 22.6 Å². The standard InChI is InChI=1S/C18H22N2O3/c1-12-9-18(22)23-16-8-13(2)15(10-14(12)16)19-17(21)11-20-6-4-3-5-7-20/h8-10H,3-7,11H2,1-2H3,(H,19,21). The van der Waals surface area contributed by atoms with Crippen molar-refractivity contribution in [2.24, 2.45) is 0 Å². The Balaban J connectivity index is 1.80. The minimum absolute atomic E-state index is 0.00406. The van der Waals surface area contributed by atoms with Crippen LogP contribution in [0.3, 0.4) is 0 Å². The molecule has 3 rings (SSSR count). The molecule has 0 radical (unpaired) electrons. The molecule has 0 atom stereocenters. The number of nitrogens with zero attached hydrogens (tertiary/aromatic N) is 1.